The highest BCUT2D eigenvalue weighted by Crippen LogP contribution is 2.37. The summed E-state index contributed by atoms with van der Waals surface area (Å²) in [5.41, 5.74) is -0.159. The van der Waals surface area contributed by atoms with Gasteiger partial charge >= 0.3 is 12.1 Å². The fourth-order valence-corrected chi connectivity index (χ4v) is 6.75. The number of cyclic esters (lactones) is 1. The molecule has 10 unspecified atom stereocenters. The molecule has 2 saturated heterocycles. The van der Waals surface area contributed by atoms with Gasteiger partial charge in [0.1, 0.15) is 12.2 Å². The number of hydrogen-bond acceptors (Lipinski definition) is 9. The van der Waals surface area contributed by atoms with Crippen molar-refractivity contribution >= 4 is 12.1 Å². The lowest BCUT2D eigenvalue weighted by molar-refractivity contribution is -0.151. The van der Waals surface area contributed by atoms with E-state index in [1.165, 1.54) is 0 Å². The number of carbonyl (C=O) groups is 2. The van der Waals surface area contributed by atoms with Crippen molar-refractivity contribution in [2.75, 3.05) is 32.7 Å². The van der Waals surface area contributed by atoms with Gasteiger partial charge in [0.15, 0.2) is 0 Å². The molecule has 0 aromatic carbocycles. The number of allylic oxidation sites excluding steroid dienone is 2. The standard InChI is InChI=1S/C38H64N2O8/c1-10-30(42)28(5)35-32(46-35)23-38(9,45)17-11-12-26(3)34-27(4)14-16-31(25(2)13-15-29(41)22-33(43)48-34)47-36(44)40-20-18-39(19-21-40)24-37(6,7)8/h11-12,14,16-17,25,27-32,34-35,41-42,45H,10,13,15,18-24H2,1-9H3. The normalized spacial score (nSPS) is 32.5. The van der Waals surface area contributed by atoms with Gasteiger partial charge in [-0.1, -0.05) is 72.8 Å². The zero-order valence-electron chi connectivity index (χ0n) is 30.9. The van der Waals surface area contributed by atoms with Crippen LogP contribution in [0.2, 0.25) is 0 Å². The molecule has 3 aliphatic heterocycles. The molecule has 1 amide bonds. The van der Waals surface area contributed by atoms with Crippen LogP contribution in [0.25, 0.3) is 0 Å². The van der Waals surface area contributed by atoms with Crippen LogP contribution in [-0.2, 0) is 19.0 Å². The number of rotatable bonds is 10. The quantitative estimate of drug-likeness (QED) is 0.123. The van der Waals surface area contributed by atoms with Crippen molar-refractivity contribution in [1.29, 1.82) is 0 Å². The Morgan fingerprint density at radius 2 is 1.79 bits per heavy atom. The third-order valence-corrected chi connectivity index (χ3v) is 9.87. The predicted molar refractivity (Wildman–Crippen MR) is 187 cm³/mol. The molecule has 274 valence electrons. The van der Waals surface area contributed by atoms with E-state index >= 15 is 0 Å². The summed E-state index contributed by atoms with van der Waals surface area (Å²) in [6.45, 7) is 22.0. The van der Waals surface area contributed by atoms with E-state index in [-0.39, 0.29) is 47.9 Å². The van der Waals surface area contributed by atoms with Gasteiger partial charge in [0, 0.05) is 51.0 Å². The summed E-state index contributed by atoms with van der Waals surface area (Å²) in [6.07, 6.45) is 8.14. The summed E-state index contributed by atoms with van der Waals surface area (Å²) in [7, 11) is 0. The Morgan fingerprint density at radius 1 is 1.12 bits per heavy atom. The van der Waals surface area contributed by atoms with Crippen molar-refractivity contribution in [3.63, 3.8) is 0 Å². The van der Waals surface area contributed by atoms with E-state index in [4.69, 9.17) is 14.2 Å². The maximum absolute atomic E-state index is 13.3. The average Bonchev–Trinajstić information content (AvgIpc) is 3.76. The number of carbonyl (C=O) groups excluding carboxylic acids is 2. The average molecular weight is 677 g/mol. The van der Waals surface area contributed by atoms with Gasteiger partial charge in [-0.25, -0.2) is 4.79 Å². The van der Waals surface area contributed by atoms with Crippen LogP contribution in [0.5, 0.6) is 0 Å². The molecule has 3 rings (SSSR count). The number of ether oxygens (including phenoxy) is 3. The van der Waals surface area contributed by atoms with Gasteiger partial charge in [0.05, 0.1) is 36.4 Å². The van der Waals surface area contributed by atoms with Gasteiger partial charge < -0.3 is 34.4 Å². The second-order valence-corrected chi connectivity index (χ2v) is 16.0. The molecule has 10 heteroatoms. The lowest BCUT2D eigenvalue weighted by Gasteiger charge is -2.38. The van der Waals surface area contributed by atoms with Crippen molar-refractivity contribution in [2.24, 2.45) is 23.2 Å². The molecule has 10 atom stereocenters. The zero-order chi connectivity index (χ0) is 35.8. The molecule has 0 radical (unpaired) electrons. The molecule has 0 aromatic heterocycles. The van der Waals surface area contributed by atoms with Crippen LogP contribution >= 0.6 is 0 Å². The summed E-state index contributed by atoms with van der Waals surface area (Å²) in [4.78, 5) is 30.3. The molecule has 0 aromatic rings. The van der Waals surface area contributed by atoms with Crippen molar-refractivity contribution in [3.05, 3.63) is 36.0 Å². The minimum Gasteiger partial charge on any atom is -0.457 e. The van der Waals surface area contributed by atoms with Gasteiger partial charge in [-0.3, -0.25) is 9.69 Å². The Bertz CT molecular complexity index is 1140. The van der Waals surface area contributed by atoms with Crippen molar-refractivity contribution in [3.8, 4) is 0 Å². The van der Waals surface area contributed by atoms with E-state index in [1.54, 1.807) is 24.0 Å². The van der Waals surface area contributed by atoms with E-state index in [2.05, 4.69) is 25.7 Å². The van der Waals surface area contributed by atoms with Gasteiger partial charge in [0.2, 0.25) is 0 Å². The Morgan fingerprint density at radius 3 is 2.42 bits per heavy atom. The number of hydrogen-bond donors (Lipinski definition) is 3. The van der Waals surface area contributed by atoms with Crippen LogP contribution in [0.4, 0.5) is 4.79 Å². The summed E-state index contributed by atoms with van der Waals surface area (Å²) in [5.74, 6) is -0.782. The maximum atomic E-state index is 13.3. The summed E-state index contributed by atoms with van der Waals surface area (Å²) in [5, 5.41) is 31.8. The molecule has 48 heavy (non-hydrogen) atoms. The first-order valence-electron chi connectivity index (χ1n) is 18.0. The fourth-order valence-electron chi connectivity index (χ4n) is 6.75. The number of nitrogens with zero attached hydrogens (tertiary/aromatic N) is 2. The number of aliphatic hydroxyl groups excluding tert-OH is 2. The van der Waals surface area contributed by atoms with Gasteiger partial charge in [-0.15, -0.1) is 0 Å². The first-order chi connectivity index (χ1) is 22.4. The highest BCUT2D eigenvalue weighted by atomic mass is 16.6. The molecule has 0 aliphatic carbocycles. The first kappa shape index (κ1) is 40.2. The molecule has 3 N–H and O–H groups in total. The van der Waals surface area contributed by atoms with E-state index in [9.17, 15) is 24.9 Å². The molecule has 2 fully saturated rings. The second-order valence-electron chi connectivity index (χ2n) is 16.0. The monoisotopic (exact) mass is 676 g/mol. The number of aliphatic hydroxyl groups is 3. The summed E-state index contributed by atoms with van der Waals surface area (Å²) in [6, 6.07) is 0. The zero-order valence-corrected chi connectivity index (χ0v) is 30.9. The number of amides is 1. The van der Waals surface area contributed by atoms with Crippen LogP contribution in [0.1, 0.15) is 94.4 Å². The third-order valence-electron chi connectivity index (χ3n) is 9.87. The lowest BCUT2D eigenvalue weighted by Crippen LogP contribution is -2.51. The predicted octanol–water partition coefficient (Wildman–Crippen LogP) is 5.26. The Kier molecular flexibility index (Phi) is 14.7. The van der Waals surface area contributed by atoms with Crippen molar-refractivity contribution in [2.45, 2.75) is 137 Å². The van der Waals surface area contributed by atoms with Gasteiger partial charge in [0.25, 0.3) is 0 Å². The highest BCUT2D eigenvalue weighted by molar-refractivity contribution is 5.70. The van der Waals surface area contributed by atoms with Crippen LogP contribution in [0.15, 0.2) is 36.0 Å². The minimum absolute atomic E-state index is 0.00554. The van der Waals surface area contributed by atoms with Crippen LogP contribution in [0.3, 0.4) is 0 Å². The van der Waals surface area contributed by atoms with E-state index < -0.39 is 36.0 Å². The molecule has 0 saturated carbocycles. The molecule has 0 spiro atoms. The molecule has 0 bridgehead atoms. The van der Waals surface area contributed by atoms with Crippen molar-refractivity contribution < 1.29 is 39.1 Å². The van der Waals surface area contributed by atoms with Crippen LogP contribution < -0.4 is 0 Å². The second kappa shape index (κ2) is 17.6. The van der Waals surface area contributed by atoms with E-state index in [0.717, 1.165) is 25.2 Å². The highest BCUT2D eigenvalue weighted by Gasteiger charge is 2.47. The van der Waals surface area contributed by atoms with Gasteiger partial charge in [-0.05, 0) is 56.1 Å². The van der Waals surface area contributed by atoms with Crippen LogP contribution in [0, 0.1) is 23.2 Å². The largest absolute Gasteiger partial charge is 0.457 e. The number of esters is 1. The molecule has 3 heterocycles. The molecule has 3 aliphatic rings. The topological polar surface area (TPSA) is 132 Å². The Labute approximate surface area is 289 Å². The Balaban J connectivity index is 1.68. The SMILES string of the molecule is CCC(O)C(C)C1OC1CC(C)(O)C=CC=C(C)C1OC(=O)CC(O)CCC(C)C(OC(=O)N2CCN(CC(C)(C)C)CC2)C=CC1C. The smallest absolute Gasteiger partial charge is 0.410 e. The van der Waals surface area contributed by atoms with Crippen LogP contribution in [-0.4, -0.2) is 112 Å². The van der Waals surface area contributed by atoms with Crippen molar-refractivity contribution in [1.82, 2.24) is 9.80 Å². The lowest BCUT2D eigenvalue weighted by atomic mass is 9.91. The number of epoxide rings is 1. The van der Waals surface area contributed by atoms with Gasteiger partial charge in [-0.2, -0.15) is 0 Å². The first-order valence-corrected chi connectivity index (χ1v) is 18.0. The summed E-state index contributed by atoms with van der Waals surface area (Å²) >= 11 is 0. The number of piperazine rings is 1. The Hall–Kier alpha value is -2.24. The summed E-state index contributed by atoms with van der Waals surface area (Å²) < 4.78 is 17.7. The van der Waals surface area contributed by atoms with E-state index in [0.29, 0.717) is 38.8 Å². The third kappa shape index (κ3) is 12.9. The molecular weight excluding hydrogens is 612 g/mol. The fraction of sp³-hybridized carbons (Fsp3) is 0.789. The minimum atomic E-state index is -1.13. The molecule has 10 nitrogen and oxygen atoms in total. The van der Waals surface area contributed by atoms with E-state index in [1.807, 2.05) is 52.8 Å². The maximum Gasteiger partial charge on any atom is 0.410 e. The molecular formula is C38H64N2O8.